The Bertz CT molecular complexity index is 2710. The second-order valence-electron chi connectivity index (χ2n) is 16.8. The fourth-order valence-corrected chi connectivity index (χ4v) is 8.05. The molecule has 66 heavy (non-hydrogen) atoms. The van der Waals surface area contributed by atoms with E-state index in [-0.39, 0.29) is 74.3 Å². The second-order valence-corrected chi connectivity index (χ2v) is 17.6. The van der Waals surface area contributed by atoms with Crippen molar-refractivity contribution < 1.29 is 37.8 Å². The fourth-order valence-electron chi connectivity index (χ4n) is 7.24. The van der Waals surface area contributed by atoms with Crippen LogP contribution in [0.15, 0.2) is 87.6 Å². The van der Waals surface area contributed by atoms with Crippen molar-refractivity contribution in [3.63, 3.8) is 0 Å². The predicted molar refractivity (Wildman–Crippen MR) is 247 cm³/mol. The molecule has 346 valence electrons. The molecule has 0 radical (unpaired) electrons. The first-order valence-electron chi connectivity index (χ1n) is 21.6. The lowest BCUT2D eigenvalue weighted by Crippen LogP contribution is -2.57. The molecule has 4 amide bonds. The van der Waals surface area contributed by atoms with E-state index in [1.165, 1.54) is 30.1 Å². The number of carbonyl (C=O) groups excluding carboxylic acids is 4. The van der Waals surface area contributed by atoms with Gasteiger partial charge in [0, 0.05) is 38.3 Å². The molecule has 0 spiro atoms. The summed E-state index contributed by atoms with van der Waals surface area (Å²) in [6, 6.07) is 17.7. The van der Waals surface area contributed by atoms with Crippen LogP contribution in [0.5, 0.6) is 5.75 Å². The molecule has 1 aliphatic rings. The number of ether oxygens (including phenoxy) is 3. The third kappa shape index (κ3) is 12.1. The van der Waals surface area contributed by atoms with E-state index in [0.717, 1.165) is 21.7 Å². The van der Waals surface area contributed by atoms with Gasteiger partial charge in [-0.3, -0.25) is 24.0 Å². The van der Waals surface area contributed by atoms with Crippen molar-refractivity contribution in [3.05, 3.63) is 106 Å². The summed E-state index contributed by atoms with van der Waals surface area (Å²) in [5.41, 5.74) is 6.03. The van der Waals surface area contributed by atoms with Crippen LogP contribution in [0.1, 0.15) is 61.8 Å². The van der Waals surface area contributed by atoms with Gasteiger partial charge in [0.25, 0.3) is 11.5 Å². The number of anilines is 1. The number of aromatic nitrogens is 5. The van der Waals surface area contributed by atoms with Gasteiger partial charge in [0.2, 0.25) is 23.6 Å². The Morgan fingerprint density at radius 2 is 1.71 bits per heavy atom. The first-order chi connectivity index (χ1) is 31.7. The average molecular weight is 920 g/mol. The van der Waals surface area contributed by atoms with E-state index in [0.29, 0.717) is 54.2 Å². The molecule has 7 rings (SSSR count). The molecular formula is C47H53N9O9S. The highest BCUT2D eigenvalue weighted by Gasteiger charge is 2.41. The molecule has 1 saturated heterocycles. The number of nitrogens with zero attached hydrogens (tertiary/aromatic N) is 6. The van der Waals surface area contributed by atoms with Crippen LogP contribution in [0.4, 0.5) is 5.69 Å². The summed E-state index contributed by atoms with van der Waals surface area (Å²) in [4.78, 5) is 80.6. The summed E-state index contributed by atoms with van der Waals surface area (Å²) < 4.78 is 23.9. The van der Waals surface area contributed by atoms with Crippen LogP contribution in [-0.2, 0) is 37.4 Å². The Morgan fingerprint density at radius 1 is 0.939 bits per heavy atom. The Kier molecular flexibility index (Phi) is 15.3. The second kappa shape index (κ2) is 21.4. The number of rotatable bonds is 19. The van der Waals surface area contributed by atoms with Crippen LogP contribution in [-0.4, -0.2) is 105 Å². The average Bonchev–Trinajstić information content (AvgIpc) is 4.08. The zero-order valence-electron chi connectivity index (χ0n) is 37.5. The first-order valence-corrected chi connectivity index (χ1v) is 22.5. The van der Waals surface area contributed by atoms with E-state index in [1.54, 1.807) is 46.6 Å². The summed E-state index contributed by atoms with van der Waals surface area (Å²) >= 11 is 1.59. The molecule has 2 aromatic carbocycles. The maximum Gasteiger partial charge on any atom is 0.274 e. The van der Waals surface area contributed by atoms with E-state index < -0.39 is 23.4 Å². The fraction of sp³-hybridized carbons (Fsp3) is 0.383. The van der Waals surface area contributed by atoms with Crippen molar-refractivity contribution >= 4 is 51.8 Å². The standard InChI is InChI=1S/C47H53N9O9S/c1-29-41(66-28-50-29)31-10-8-30(9-11-31)26-49-44(60)37-7-6-19-56(37)46(61)42(47(2,3)4)53-39(57)18-20-62-21-22-63-23-24-64-33-13-14-34(48-27-33)43(59)51-32-12-16-38-36(25-32)52-45(65-38)35-15-17-40(58)55(5)54-35/h8-17,25,27-28,37,42H,6-7,18-24,26H2,1-5H3,(H,49,60)(H,51,59)(H,53,57)/t37-,42?/m0/s1. The number of carbonyl (C=O) groups is 4. The molecule has 4 aromatic heterocycles. The van der Waals surface area contributed by atoms with Crippen molar-refractivity contribution in [1.29, 1.82) is 0 Å². The van der Waals surface area contributed by atoms with Gasteiger partial charge in [-0.1, -0.05) is 45.0 Å². The van der Waals surface area contributed by atoms with Gasteiger partial charge in [0.1, 0.15) is 41.3 Å². The van der Waals surface area contributed by atoms with Gasteiger partial charge in [-0.2, -0.15) is 5.10 Å². The number of nitrogens with one attached hydrogen (secondary N) is 3. The lowest BCUT2D eigenvalue weighted by atomic mass is 9.85. The van der Waals surface area contributed by atoms with Gasteiger partial charge in [-0.25, -0.2) is 19.6 Å². The molecule has 1 fully saturated rings. The van der Waals surface area contributed by atoms with Crippen LogP contribution in [0.3, 0.4) is 0 Å². The molecule has 5 heterocycles. The van der Waals surface area contributed by atoms with Crippen molar-refractivity contribution in [2.45, 2.75) is 65.6 Å². The van der Waals surface area contributed by atoms with Gasteiger partial charge in [0.05, 0.1) is 48.7 Å². The number of fused-ring (bicyclic) bond motifs is 1. The number of pyridine rings is 1. The maximum atomic E-state index is 13.9. The molecule has 18 nitrogen and oxygen atoms in total. The van der Waals surface area contributed by atoms with Crippen molar-refractivity contribution in [3.8, 4) is 27.8 Å². The van der Waals surface area contributed by atoms with Crippen molar-refractivity contribution in [2.24, 2.45) is 12.5 Å². The van der Waals surface area contributed by atoms with E-state index >= 15 is 0 Å². The topological polar surface area (TPSA) is 222 Å². The highest BCUT2D eigenvalue weighted by molar-refractivity contribution is 7.13. The van der Waals surface area contributed by atoms with Crippen LogP contribution in [0, 0.1) is 12.3 Å². The third-order valence-corrected chi connectivity index (χ3v) is 11.8. The van der Waals surface area contributed by atoms with Crippen LogP contribution < -0.4 is 26.2 Å². The zero-order valence-corrected chi connectivity index (χ0v) is 38.3. The predicted octanol–water partition coefficient (Wildman–Crippen LogP) is 5.31. The van der Waals surface area contributed by atoms with Crippen molar-refractivity contribution in [1.82, 2.24) is 40.3 Å². The minimum absolute atomic E-state index is 0.0461. The maximum absolute atomic E-state index is 13.9. The monoisotopic (exact) mass is 919 g/mol. The number of hydrogen-bond acceptors (Lipinski definition) is 14. The Balaban J connectivity index is 0.769. The van der Waals surface area contributed by atoms with Crippen LogP contribution >= 0.6 is 11.3 Å². The largest absolute Gasteiger partial charge is 0.490 e. The van der Waals surface area contributed by atoms with Crippen LogP contribution in [0.2, 0.25) is 0 Å². The SMILES string of the molecule is Cc1ncsc1-c1ccc(CNC(=O)[C@@H]2CCCN2C(=O)C(NC(=O)CCOCCOCCOc2ccc(C(=O)Nc3ccc4oc(-c5ccc(=O)n(C)n5)nc4c3)nc2)C(C)(C)C)cc1. The lowest BCUT2D eigenvalue weighted by molar-refractivity contribution is -0.144. The smallest absolute Gasteiger partial charge is 0.274 e. The molecule has 3 N–H and O–H groups in total. The highest BCUT2D eigenvalue weighted by Crippen LogP contribution is 2.29. The summed E-state index contributed by atoms with van der Waals surface area (Å²) in [6.45, 7) is 9.56. The van der Waals surface area contributed by atoms with E-state index in [2.05, 4.69) is 36.0 Å². The van der Waals surface area contributed by atoms with Crippen LogP contribution in [0.25, 0.3) is 33.1 Å². The number of amides is 4. The number of oxazole rings is 1. The quantitative estimate of drug-likeness (QED) is 0.0879. The third-order valence-electron chi connectivity index (χ3n) is 10.8. The summed E-state index contributed by atoms with van der Waals surface area (Å²) in [5, 5.41) is 12.9. The molecule has 6 aromatic rings. The zero-order chi connectivity index (χ0) is 46.8. The number of aryl methyl sites for hydroxylation is 2. The molecule has 1 unspecified atom stereocenters. The minimum Gasteiger partial charge on any atom is -0.490 e. The van der Waals surface area contributed by atoms with E-state index in [4.69, 9.17) is 18.6 Å². The molecule has 0 aliphatic carbocycles. The minimum atomic E-state index is -0.830. The molecule has 19 heteroatoms. The van der Waals surface area contributed by atoms with E-state index in [1.807, 2.05) is 57.5 Å². The lowest BCUT2D eigenvalue weighted by Gasteiger charge is -2.35. The van der Waals surface area contributed by atoms with Crippen molar-refractivity contribution in [2.75, 3.05) is 44.9 Å². The van der Waals surface area contributed by atoms with Gasteiger partial charge in [0.15, 0.2) is 5.58 Å². The number of thiazole rings is 1. The Labute approximate surface area is 385 Å². The Morgan fingerprint density at radius 3 is 2.42 bits per heavy atom. The normalized spacial score (nSPS) is 14.3. The van der Waals surface area contributed by atoms with Gasteiger partial charge >= 0.3 is 0 Å². The summed E-state index contributed by atoms with van der Waals surface area (Å²) in [5.74, 6) is -0.550. The highest BCUT2D eigenvalue weighted by atomic mass is 32.1. The molecule has 0 bridgehead atoms. The summed E-state index contributed by atoms with van der Waals surface area (Å²) in [7, 11) is 1.54. The van der Waals surface area contributed by atoms with E-state index in [9.17, 15) is 24.0 Å². The molecular weight excluding hydrogens is 867 g/mol. The Hall–Kier alpha value is -6.83. The van der Waals surface area contributed by atoms with Gasteiger partial charge < -0.3 is 39.5 Å². The number of hydrogen-bond donors (Lipinski definition) is 3. The molecule has 2 atom stereocenters. The molecule has 0 saturated carbocycles. The van der Waals surface area contributed by atoms with Gasteiger partial charge in [-0.05, 0) is 72.7 Å². The van der Waals surface area contributed by atoms with Gasteiger partial charge in [-0.15, -0.1) is 11.3 Å². The first kappa shape index (κ1) is 47.1. The number of likely N-dealkylation sites (tertiary alicyclic amines) is 1. The summed E-state index contributed by atoms with van der Waals surface area (Å²) in [6.07, 6.45) is 2.74. The number of benzene rings is 2. The molecule has 1 aliphatic heterocycles.